The molecule has 0 bridgehead atoms. The summed E-state index contributed by atoms with van der Waals surface area (Å²) in [5.41, 5.74) is 0. The average molecular weight is 126 g/mol. The van der Waals surface area contributed by atoms with E-state index in [0.29, 0.717) is 0 Å². The van der Waals surface area contributed by atoms with Crippen LogP contribution in [0.15, 0.2) is 17.5 Å². The van der Waals surface area contributed by atoms with Crippen LogP contribution >= 0.6 is 11.3 Å². The van der Waals surface area contributed by atoms with Gasteiger partial charge in [-0.15, -0.1) is 6.54 Å². The van der Waals surface area contributed by atoms with Gasteiger partial charge in [0.25, 0.3) is 0 Å². The van der Waals surface area contributed by atoms with Crippen LogP contribution < -0.4 is 0 Å². The topological polar surface area (TPSA) is 14.1 Å². The molecule has 44 valence electrons. The molecule has 0 saturated heterocycles. The highest BCUT2D eigenvalue weighted by Crippen LogP contribution is 2.10. The fourth-order valence-corrected chi connectivity index (χ4v) is 1.25. The largest absolute Gasteiger partial charge is 0.661 e. The summed E-state index contributed by atoms with van der Waals surface area (Å²) in [6, 6.07) is 4.14. The lowest BCUT2D eigenvalue weighted by atomic mass is 10.5. The number of hydrogen-bond donors (Lipinski definition) is 0. The Hall–Kier alpha value is -0.340. The lowest BCUT2D eigenvalue weighted by molar-refractivity contribution is 1.24. The highest BCUT2D eigenvalue weighted by Gasteiger charge is 1.79. The third-order valence-electron chi connectivity index (χ3n) is 0.894. The summed E-state index contributed by atoms with van der Waals surface area (Å²) in [6.45, 7) is 0.873. The minimum absolute atomic E-state index is 0.873. The number of thiophene rings is 1. The van der Waals surface area contributed by atoms with Crippen LogP contribution in [0, 0.1) is 0 Å². The molecule has 1 aromatic rings. The van der Waals surface area contributed by atoms with E-state index in [4.69, 9.17) is 0 Å². The molecule has 1 rings (SSSR count). The zero-order valence-corrected chi connectivity index (χ0v) is 5.61. The lowest BCUT2D eigenvalue weighted by Crippen LogP contribution is -1.71. The number of nitrogens with zero attached hydrogens (tertiary/aromatic N) is 1. The Morgan fingerprint density at radius 3 is 3.12 bits per heavy atom. The lowest BCUT2D eigenvalue weighted by Gasteiger charge is -2.06. The Balaban J connectivity index is 2.50. The normalized spacial score (nSPS) is 9.62. The Bertz CT molecular complexity index is 134. The third-order valence-corrected chi connectivity index (χ3v) is 1.76. The van der Waals surface area contributed by atoms with Crippen LogP contribution in [0.1, 0.15) is 4.88 Å². The van der Waals surface area contributed by atoms with Gasteiger partial charge in [-0.05, 0) is 10.3 Å². The zero-order chi connectivity index (χ0) is 5.82. The van der Waals surface area contributed by atoms with Gasteiger partial charge in [0, 0.05) is 0 Å². The van der Waals surface area contributed by atoms with Gasteiger partial charge in [0.05, 0.1) is 0 Å². The van der Waals surface area contributed by atoms with Gasteiger partial charge in [0.1, 0.15) is 0 Å². The van der Waals surface area contributed by atoms with Gasteiger partial charge in [0.15, 0.2) is 0 Å². The SMILES string of the molecule is C[N-]Cc1cccs1. The summed E-state index contributed by atoms with van der Waals surface area (Å²) in [5.74, 6) is 0. The minimum atomic E-state index is 0.873. The van der Waals surface area contributed by atoms with Gasteiger partial charge in [0.2, 0.25) is 0 Å². The summed E-state index contributed by atoms with van der Waals surface area (Å²) in [5, 5.41) is 6.06. The van der Waals surface area contributed by atoms with Crippen molar-refractivity contribution in [3.63, 3.8) is 0 Å². The molecule has 0 aromatic carbocycles. The maximum Gasteiger partial charge on any atom is -0.00911 e. The summed E-state index contributed by atoms with van der Waals surface area (Å²) in [6.07, 6.45) is 0. The molecule has 1 nitrogen and oxygen atoms in total. The molecule has 0 saturated carbocycles. The van der Waals surface area contributed by atoms with Crippen LogP contribution in [0.5, 0.6) is 0 Å². The van der Waals surface area contributed by atoms with E-state index in [9.17, 15) is 0 Å². The molecule has 2 heteroatoms. The molecule has 0 fully saturated rings. The standard InChI is InChI=1S/C6H8NS/c1-7-5-6-3-2-4-8-6/h2-4H,5H2,1H3/q-1. The van der Waals surface area contributed by atoms with Gasteiger partial charge in [-0.25, -0.2) is 0 Å². The predicted octanol–water partition coefficient (Wildman–Crippen LogP) is 2.25. The first-order valence-corrected chi connectivity index (χ1v) is 3.39. The smallest absolute Gasteiger partial charge is 0.00911 e. The zero-order valence-electron chi connectivity index (χ0n) is 4.79. The number of hydrogen-bond acceptors (Lipinski definition) is 1. The van der Waals surface area contributed by atoms with Crippen molar-refractivity contribution in [3.8, 4) is 0 Å². The fraction of sp³-hybridized carbons (Fsp3) is 0.333. The van der Waals surface area contributed by atoms with E-state index in [2.05, 4.69) is 16.8 Å². The highest BCUT2D eigenvalue weighted by molar-refractivity contribution is 7.09. The molecular formula is C6H8NS-. The van der Waals surface area contributed by atoms with E-state index in [1.165, 1.54) is 4.88 Å². The molecule has 0 radical (unpaired) electrons. The van der Waals surface area contributed by atoms with Crippen molar-refractivity contribution in [1.29, 1.82) is 0 Å². The molecule has 0 aliphatic rings. The maximum atomic E-state index is 3.99. The Labute approximate surface area is 53.4 Å². The van der Waals surface area contributed by atoms with Crippen molar-refractivity contribution in [2.45, 2.75) is 6.54 Å². The van der Waals surface area contributed by atoms with E-state index in [1.807, 2.05) is 13.1 Å². The average Bonchev–Trinajstić information content (AvgIpc) is 2.19. The summed E-state index contributed by atoms with van der Waals surface area (Å²) >= 11 is 1.75. The van der Waals surface area contributed by atoms with Gasteiger partial charge >= 0.3 is 0 Å². The molecule has 1 aromatic heterocycles. The Kier molecular flexibility index (Phi) is 2.06. The summed E-state index contributed by atoms with van der Waals surface area (Å²) < 4.78 is 0. The predicted molar refractivity (Wildman–Crippen MR) is 37.3 cm³/mol. The monoisotopic (exact) mass is 126 g/mol. The molecule has 0 spiro atoms. The molecule has 0 atom stereocenters. The summed E-state index contributed by atoms with van der Waals surface area (Å²) in [7, 11) is 1.83. The van der Waals surface area contributed by atoms with E-state index < -0.39 is 0 Å². The molecule has 0 unspecified atom stereocenters. The third kappa shape index (κ3) is 1.32. The van der Waals surface area contributed by atoms with E-state index in [0.717, 1.165) is 6.54 Å². The van der Waals surface area contributed by atoms with Gasteiger partial charge in [-0.2, -0.15) is 18.4 Å². The van der Waals surface area contributed by atoms with Gasteiger partial charge in [-0.3, -0.25) is 0 Å². The molecule has 1 heterocycles. The van der Waals surface area contributed by atoms with Crippen molar-refractivity contribution in [2.75, 3.05) is 7.05 Å². The van der Waals surface area contributed by atoms with Crippen LogP contribution in [0.25, 0.3) is 5.32 Å². The van der Waals surface area contributed by atoms with Crippen LogP contribution in [-0.4, -0.2) is 7.05 Å². The van der Waals surface area contributed by atoms with E-state index in [-0.39, 0.29) is 0 Å². The molecular weight excluding hydrogens is 118 g/mol. The minimum Gasteiger partial charge on any atom is -0.661 e. The van der Waals surface area contributed by atoms with Crippen molar-refractivity contribution in [2.24, 2.45) is 0 Å². The van der Waals surface area contributed by atoms with Crippen molar-refractivity contribution >= 4 is 11.3 Å². The van der Waals surface area contributed by atoms with Crippen molar-refractivity contribution in [1.82, 2.24) is 0 Å². The second kappa shape index (κ2) is 2.84. The van der Waals surface area contributed by atoms with Crippen LogP contribution in [0.2, 0.25) is 0 Å². The molecule has 0 amide bonds. The molecule has 0 aliphatic heterocycles. The van der Waals surface area contributed by atoms with Crippen LogP contribution in [-0.2, 0) is 6.54 Å². The van der Waals surface area contributed by atoms with Crippen molar-refractivity contribution in [3.05, 3.63) is 27.7 Å². The molecule has 8 heavy (non-hydrogen) atoms. The Morgan fingerprint density at radius 2 is 2.62 bits per heavy atom. The summed E-state index contributed by atoms with van der Waals surface area (Å²) in [4.78, 5) is 1.34. The fourth-order valence-electron chi connectivity index (χ4n) is 0.558. The van der Waals surface area contributed by atoms with Crippen LogP contribution in [0.4, 0.5) is 0 Å². The first-order chi connectivity index (χ1) is 3.93. The van der Waals surface area contributed by atoms with Gasteiger partial charge < -0.3 is 5.32 Å². The molecule has 0 N–H and O–H groups in total. The Morgan fingerprint density at radius 1 is 1.75 bits per heavy atom. The maximum absolute atomic E-state index is 3.99. The number of rotatable bonds is 2. The second-order valence-electron chi connectivity index (χ2n) is 1.55. The first-order valence-electron chi connectivity index (χ1n) is 2.51. The quantitative estimate of drug-likeness (QED) is 0.577. The van der Waals surface area contributed by atoms with E-state index >= 15 is 0 Å². The second-order valence-corrected chi connectivity index (χ2v) is 2.59. The van der Waals surface area contributed by atoms with Crippen LogP contribution in [0.3, 0.4) is 0 Å². The highest BCUT2D eigenvalue weighted by atomic mass is 32.1. The molecule has 0 aliphatic carbocycles. The first kappa shape index (κ1) is 5.79. The van der Waals surface area contributed by atoms with Crippen molar-refractivity contribution < 1.29 is 0 Å². The van der Waals surface area contributed by atoms with E-state index in [1.54, 1.807) is 11.3 Å². The van der Waals surface area contributed by atoms with Gasteiger partial charge in [-0.1, -0.05) is 12.1 Å².